The molecule has 0 radical (unpaired) electrons. The number of hydrogen-bond acceptors (Lipinski definition) is 2. The highest BCUT2D eigenvalue weighted by Gasteiger charge is 2.37. The van der Waals surface area contributed by atoms with Gasteiger partial charge < -0.3 is 9.47 Å². The van der Waals surface area contributed by atoms with Gasteiger partial charge in [0.05, 0.1) is 22.3 Å². The zero-order valence-corrected chi connectivity index (χ0v) is 31.9. The van der Waals surface area contributed by atoms with Crippen LogP contribution in [0.25, 0.3) is 0 Å². The highest BCUT2D eigenvalue weighted by Crippen LogP contribution is 2.41. The summed E-state index contributed by atoms with van der Waals surface area (Å²) in [5.41, 5.74) is -0.367. The predicted molar refractivity (Wildman–Crippen MR) is 199 cm³/mol. The third kappa shape index (κ3) is 12.1. The summed E-state index contributed by atoms with van der Waals surface area (Å²) in [5, 5.41) is 0. The lowest BCUT2D eigenvalue weighted by Gasteiger charge is -2.29. The molecule has 57 heavy (non-hydrogen) atoms. The Kier molecular flexibility index (Phi) is 14.3. The van der Waals surface area contributed by atoms with Gasteiger partial charge >= 0.3 is 24.6 Å². The first kappa shape index (κ1) is 43.9. The molecule has 0 aliphatic heterocycles. The first-order valence-corrected chi connectivity index (χ1v) is 19.6. The van der Waals surface area contributed by atoms with E-state index in [1.807, 2.05) is 0 Å². The third-order valence-corrected chi connectivity index (χ3v) is 11.3. The zero-order chi connectivity index (χ0) is 41.4. The summed E-state index contributed by atoms with van der Waals surface area (Å²) < 4.78 is 142. The molecule has 0 spiro atoms. The van der Waals surface area contributed by atoms with E-state index >= 15 is 0 Å². The summed E-state index contributed by atoms with van der Waals surface area (Å²) in [7, 11) is 0. The molecule has 12 heteroatoms. The van der Waals surface area contributed by atoms with Crippen LogP contribution in [-0.4, -0.2) is 0 Å². The van der Waals surface area contributed by atoms with Crippen LogP contribution in [0.2, 0.25) is 0 Å². The molecule has 4 aromatic rings. The average Bonchev–Trinajstić information content (AvgIpc) is 3.18. The second-order valence-corrected chi connectivity index (χ2v) is 15.2. The summed E-state index contributed by atoms with van der Waals surface area (Å²) in [6.07, 6.45) is -3.73. The molecule has 6 rings (SSSR count). The van der Waals surface area contributed by atoms with E-state index in [9.17, 15) is 43.9 Å². The number of rotatable bonds is 11. The lowest BCUT2D eigenvalue weighted by Crippen LogP contribution is -2.22. The Morgan fingerprint density at radius 3 is 1.04 bits per heavy atom. The van der Waals surface area contributed by atoms with Crippen molar-refractivity contribution in [3.8, 4) is 11.5 Å². The molecule has 0 N–H and O–H groups in total. The Morgan fingerprint density at radius 2 is 0.737 bits per heavy atom. The molecule has 2 nitrogen and oxygen atoms in total. The summed E-state index contributed by atoms with van der Waals surface area (Å²) in [6.45, 7) is 4.39. The molecule has 0 unspecified atom stereocenters. The first-order chi connectivity index (χ1) is 26.9. The first-order valence-electron chi connectivity index (χ1n) is 19.6. The number of halogens is 10. The summed E-state index contributed by atoms with van der Waals surface area (Å²) in [6, 6.07) is 18.7. The lowest BCUT2D eigenvalue weighted by molar-refractivity contribution is -0.186. The molecule has 310 valence electrons. The summed E-state index contributed by atoms with van der Waals surface area (Å²) in [5.74, 6) is 1.68. The van der Waals surface area contributed by atoms with Crippen molar-refractivity contribution in [3.63, 3.8) is 0 Å². The van der Waals surface area contributed by atoms with Crippen LogP contribution in [0, 0.1) is 11.8 Å². The van der Waals surface area contributed by atoms with Gasteiger partial charge in [0, 0.05) is 0 Å². The summed E-state index contributed by atoms with van der Waals surface area (Å²) in [4.78, 5) is 0. The van der Waals surface area contributed by atoms with Gasteiger partial charge in [0.2, 0.25) is 0 Å². The van der Waals surface area contributed by atoms with Crippen molar-refractivity contribution in [1.82, 2.24) is 0 Å². The Bertz CT molecular complexity index is 1800. The van der Waals surface area contributed by atoms with Gasteiger partial charge in [-0.25, -0.2) is 0 Å². The van der Waals surface area contributed by atoms with Crippen LogP contribution < -0.4 is 9.47 Å². The topological polar surface area (TPSA) is 18.5 Å². The van der Waals surface area contributed by atoms with Crippen LogP contribution in [-0.2, 0) is 24.6 Å². The fourth-order valence-corrected chi connectivity index (χ4v) is 7.83. The molecule has 0 saturated heterocycles. The number of alkyl halides is 10. The molecule has 2 aliphatic rings. The maximum Gasteiger partial charge on any atom is 0.426 e. The lowest BCUT2D eigenvalue weighted by atomic mass is 9.77. The van der Waals surface area contributed by atoms with Crippen molar-refractivity contribution in [1.29, 1.82) is 0 Å². The van der Waals surface area contributed by atoms with Crippen molar-refractivity contribution in [2.45, 2.75) is 121 Å². The Balaban J connectivity index is 0.000000218. The van der Waals surface area contributed by atoms with E-state index in [0.717, 1.165) is 110 Å². The molecule has 2 saturated carbocycles. The average molecular weight is 811 g/mol. The molecular weight excluding hydrogens is 762 g/mol. The van der Waals surface area contributed by atoms with Crippen molar-refractivity contribution >= 4 is 0 Å². The highest BCUT2D eigenvalue weighted by atomic mass is 19.4. The van der Waals surface area contributed by atoms with E-state index in [1.165, 1.54) is 56.4 Å². The second-order valence-electron chi connectivity index (χ2n) is 15.2. The molecule has 2 aliphatic carbocycles. The van der Waals surface area contributed by atoms with Gasteiger partial charge in [-0.3, -0.25) is 0 Å². The van der Waals surface area contributed by atoms with Gasteiger partial charge in [-0.2, -0.15) is 43.9 Å². The second kappa shape index (κ2) is 18.6. The highest BCUT2D eigenvalue weighted by molar-refractivity contribution is 5.33. The van der Waals surface area contributed by atoms with Gasteiger partial charge in [-0.05, 0) is 159 Å². The number of ether oxygens (including phenoxy) is 2. The van der Waals surface area contributed by atoms with Crippen LogP contribution in [0.5, 0.6) is 11.5 Å². The molecule has 0 aromatic heterocycles. The Hall–Kier alpha value is -4.22. The maximum atomic E-state index is 14.4. The normalized spacial score (nSPS) is 20.6. The molecule has 2 fully saturated rings. The SMILES string of the molecule is CCC1CCC(c2ccc(C(F)(F)Oc3ccc(C(F)(F)F)cc3)cc2)CC1.CCCC1CCC(c2ccc(C(F)(F)Oc3ccc(C(F)(F)F)cc3)cc2)CC1. The van der Waals surface area contributed by atoms with Crippen LogP contribution in [0.1, 0.15) is 130 Å². The molecule has 4 aromatic carbocycles. The van der Waals surface area contributed by atoms with Gasteiger partial charge in [0.15, 0.2) is 0 Å². The largest absolute Gasteiger partial charge is 0.429 e. The van der Waals surface area contributed by atoms with Gasteiger partial charge in [0.25, 0.3) is 0 Å². The van der Waals surface area contributed by atoms with E-state index in [1.54, 1.807) is 24.3 Å². The maximum absolute atomic E-state index is 14.4. The van der Waals surface area contributed by atoms with Gasteiger partial charge in [-0.1, -0.05) is 57.4 Å². The predicted octanol–water partition coefficient (Wildman–Crippen LogP) is 15.4. The van der Waals surface area contributed by atoms with Crippen LogP contribution >= 0.6 is 0 Å². The zero-order valence-electron chi connectivity index (χ0n) is 31.9. The van der Waals surface area contributed by atoms with Gasteiger partial charge in [-0.15, -0.1) is 0 Å². The quantitative estimate of drug-likeness (QED) is 0.141. The fraction of sp³-hybridized carbons (Fsp3) is 0.467. The standard InChI is InChI=1S/C23H25F5O.C22H23F5O/c1-2-3-16-4-6-17(7-5-16)18-8-10-20(11-9-18)23(27,28)29-21-14-12-19(13-15-21)22(24,25)26;1-2-15-3-5-16(6-4-15)17-7-9-19(10-8-17)22(26,27)28-20-13-11-18(12-14-20)21(23,24)25/h8-17H,2-7H2,1H3;7-16H,2-6H2,1H3. The van der Waals surface area contributed by atoms with Crippen LogP contribution in [0.4, 0.5) is 43.9 Å². The van der Waals surface area contributed by atoms with E-state index in [-0.39, 0.29) is 22.6 Å². The van der Waals surface area contributed by atoms with Gasteiger partial charge in [0.1, 0.15) is 11.5 Å². The van der Waals surface area contributed by atoms with E-state index in [2.05, 4.69) is 23.3 Å². The smallest absolute Gasteiger partial charge is 0.426 e. The molecule has 0 atom stereocenters. The molecule has 0 bridgehead atoms. The van der Waals surface area contributed by atoms with E-state index < -0.39 is 35.7 Å². The Labute approximate surface area is 327 Å². The minimum absolute atomic E-state index is 0.318. The van der Waals surface area contributed by atoms with Crippen molar-refractivity contribution < 1.29 is 53.4 Å². The van der Waals surface area contributed by atoms with Crippen molar-refractivity contribution in [3.05, 3.63) is 130 Å². The molecule has 0 heterocycles. The third-order valence-electron chi connectivity index (χ3n) is 11.3. The fourth-order valence-electron chi connectivity index (χ4n) is 7.83. The number of benzene rings is 4. The monoisotopic (exact) mass is 810 g/mol. The van der Waals surface area contributed by atoms with Crippen LogP contribution in [0.3, 0.4) is 0 Å². The number of hydrogen-bond donors (Lipinski definition) is 0. The molecule has 0 amide bonds. The van der Waals surface area contributed by atoms with Crippen molar-refractivity contribution in [2.75, 3.05) is 0 Å². The molecular formula is C45H48F10O2. The van der Waals surface area contributed by atoms with Crippen molar-refractivity contribution in [2.24, 2.45) is 11.8 Å². The van der Waals surface area contributed by atoms with Crippen LogP contribution in [0.15, 0.2) is 97.1 Å². The minimum atomic E-state index is -4.52. The Morgan fingerprint density at radius 1 is 0.421 bits per heavy atom. The van der Waals surface area contributed by atoms with E-state index in [4.69, 9.17) is 0 Å². The summed E-state index contributed by atoms with van der Waals surface area (Å²) >= 11 is 0. The van der Waals surface area contributed by atoms with E-state index in [0.29, 0.717) is 11.8 Å². The minimum Gasteiger partial charge on any atom is -0.429 e.